The molecule has 2 aromatic rings. The highest BCUT2D eigenvalue weighted by molar-refractivity contribution is 9.09. The van der Waals surface area contributed by atoms with Crippen LogP contribution in [0.25, 0.3) is 10.8 Å². The van der Waals surface area contributed by atoms with Crippen molar-refractivity contribution in [3.8, 4) is 0 Å². The maximum absolute atomic E-state index is 3.49. The highest BCUT2D eigenvalue weighted by Gasteiger charge is 1.99. The Labute approximate surface area is 126 Å². The molecule has 2 heteroatoms. The van der Waals surface area contributed by atoms with Crippen molar-refractivity contribution in [2.45, 2.75) is 25.7 Å². The fraction of sp³-hybridized carbons (Fsp3) is 0.375. The fourth-order valence-corrected chi connectivity index (χ4v) is 2.76. The second kappa shape index (κ2) is 7.30. The average Bonchev–Trinajstić information content (AvgIpc) is 2.42. The van der Waals surface area contributed by atoms with Crippen LogP contribution in [0.2, 0.25) is 0 Å². The van der Waals surface area contributed by atoms with E-state index in [-0.39, 0.29) is 0 Å². The molecule has 0 amide bonds. The van der Waals surface area contributed by atoms with E-state index in [0.29, 0.717) is 0 Å². The first-order valence-corrected chi connectivity index (χ1v) is 8.71. The molecule has 0 aliphatic carbocycles. The van der Waals surface area contributed by atoms with Gasteiger partial charge in [0.15, 0.2) is 0 Å². The van der Waals surface area contributed by atoms with Gasteiger partial charge in [-0.05, 0) is 47.6 Å². The molecule has 0 saturated carbocycles. The zero-order valence-electron chi connectivity index (χ0n) is 10.5. The number of rotatable bonds is 6. The minimum Gasteiger partial charge on any atom is -0.0928 e. The molecule has 0 saturated heterocycles. The smallest absolute Gasteiger partial charge is 0.00344 e. The molecule has 2 rings (SSSR count). The highest BCUT2D eigenvalue weighted by Crippen LogP contribution is 2.20. The Hall–Kier alpha value is -0.340. The van der Waals surface area contributed by atoms with Crippen molar-refractivity contribution < 1.29 is 0 Å². The second-order valence-corrected chi connectivity index (χ2v) is 6.19. The molecule has 0 spiro atoms. The number of halogens is 2. The summed E-state index contributed by atoms with van der Waals surface area (Å²) in [6.45, 7) is 0. The lowest BCUT2D eigenvalue weighted by Crippen LogP contribution is -1.89. The van der Waals surface area contributed by atoms with Crippen LogP contribution in [0.15, 0.2) is 36.4 Å². The van der Waals surface area contributed by atoms with Crippen LogP contribution in [0, 0.1) is 0 Å². The summed E-state index contributed by atoms with van der Waals surface area (Å²) in [5, 5.41) is 4.89. The van der Waals surface area contributed by atoms with Gasteiger partial charge in [-0.25, -0.2) is 0 Å². The summed E-state index contributed by atoms with van der Waals surface area (Å²) < 4.78 is 0. The van der Waals surface area contributed by atoms with Crippen LogP contribution >= 0.6 is 31.9 Å². The Morgan fingerprint density at radius 3 is 1.50 bits per heavy atom. The number of aryl methyl sites for hydroxylation is 2. The molecule has 0 aromatic heterocycles. The van der Waals surface area contributed by atoms with Crippen molar-refractivity contribution in [1.82, 2.24) is 0 Å². The molecule has 0 N–H and O–H groups in total. The quantitative estimate of drug-likeness (QED) is 0.590. The normalized spacial score (nSPS) is 11.0. The number of hydrogen-bond acceptors (Lipinski definition) is 0. The van der Waals surface area contributed by atoms with Crippen LogP contribution in [-0.4, -0.2) is 10.7 Å². The van der Waals surface area contributed by atoms with E-state index in [1.54, 1.807) is 0 Å². The molecule has 2 aromatic carbocycles. The van der Waals surface area contributed by atoms with Crippen molar-refractivity contribution >= 4 is 42.6 Å². The summed E-state index contributed by atoms with van der Waals surface area (Å²) in [6.07, 6.45) is 4.72. The number of alkyl halides is 2. The van der Waals surface area contributed by atoms with Gasteiger partial charge in [-0.1, -0.05) is 68.3 Å². The largest absolute Gasteiger partial charge is 0.0928 e. The molecule has 96 valence electrons. The zero-order valence-corrected chi connectivity index (χ0v) is 13.6. The van der Waals surface area contributed by atoms with E-state index in [1.165, 1.54) is 34.7 Å². The van der Waals surface area contributed by atoms with Crippen LogP contribution in [0.5, 0.6) is 0 Å². The molecule has 0 fully saturated rings. The van der Waals surface area contributed by atoms with Gasteiger partial charge in [0.1, 0.15) is 0 Å². The van der Waals surface area contributed by atoms with E-state index < -0.39 is 0 Å². The van der Waals surface area contributed by atoms with Crippen molar-refractivity contribution in [3.05, 3.63) is 47.5 Å². The maximum Gasteiger partial charge on any atom is 0.00344 e. The van der Waals surface area contributed by atoms with Gasteiger partial charge in [0, 0.05) is 10.7 Å². The SMILES string of the molecule is BrCCCc1ccc2cc(CCCBr)ccc2c1. The third-order valence-corrected chi connectivity index (χ3v) is 4.29. The molecular weight excluding hydrogens is 352 g/mol. The fourth-order valence-electron chi connectivity index (χ4n) is 2.20. The molecule has 0 atom stereocenters. The van der Waals surface area contributed by atoms with Crippen LogP contribution < -0.4 is 0 Å². The van der Waals surface area contributed by atoms with E-state index >= 15 is 0 Å². The molecule has 0 nitrogen and oxygen atoms in total. The molecule has 0 aliphatic rings. The van der Waals surface area contributed by atoms with Crippen molar-refractivity contribution in [3.63, 3.8) is 0 Å². The van der Waals surface area contributed by atoms with E-state index in [2.05, 4.69) is 68.3 Å². The lowest BCUT2D eigenvalue weighted by molar-refractivity contribution is 0.938. The van der Waals surface area contributed by atoms with Gasteiger partial charge < -0.3 is 0 Å². The van der Waals surface area contributed by atoms with Gasteiger partial charge in [-0.15, -0.1) is 0 Å². The van der Waals surface area contributed by atoms with Crippen molar-refractivity contribution in [2.24, 2.45) is 0 Å². The lowest BCUT2D eigenvalue weighted by atomic mass is 10.0. The molecular formula is C16H18Br2. The standard InChI is InChI=1S/C16H18Br2/c17-9-1-3-13-5-7-16-12-14(4-2-10-18)6-8-15(16)11-13/h5-8,11-12H,1-4,9-10H2. The summed E-state index contributed by atoms with van der Waals surface area (Å²) >= 11 is 6.97. The van der Waals surface area contributed by atoms with Gasteiger partial charge >= 0.3 is 0 Å². The maximum atomic E-state index is 3.49. The minimum atomic E-state index is 1.08. The Bertz CT molecular complexity index is 458. The summed E-state index contributed by atoms with van der Waals surface area (Å²) in [6, 6.07) is 13.7. The van der Waals surface area contributed by atoms with Gasteiger partial charge in [-0.2, -0.15) is 0 Å². The van der Waals surface area contributed by atoms with Gasteiger partial charge in [0.2, 0.25) is 0 Å². The molecule has 0 bridgehead atoms. The Morgan fingerprint density at radius 1 is 0.667 bits per heavy atom. The minimum absolute atomic E-state index is 1.08. The van der Waals surface area contributed by atoms with Gasteiger partial charge in [-0.3, -0.25) is 0 Å². The first kappa shape index (κ1) is 14.1. The Balaban J connectivity index is 2.19. The monoisotopic (exact) mass is 368 g/mol. The van der Waals surface area contributed by atoms with Crippen molar-refractivity contribution in [1.29, 1.82) is 0 Å². The molecule has 0 aliphatic heterocycles. The highest BCUT2D eigenvalue weighted by atomic mass is 79.9. The topological polar surface area (TPSA) is 0 Å². The van der Waals surface area contributed by atoms with Crippen LogP contribution in [0.1, 0.15) is 24.0 Å². The third kappa shape index (κ3) is 3.83. The summed E-state index contributed by atoms with van der Waals surface area (Å²) in [7, 11) is 0. The number of hydrogen-bond donors (Lipinski definition) is 0. The molecule has 18 heavy (non-hydrogen) atoms. The van der Waals surface area contributed by atoms with E-state index in [1.807, 2.05) is 0 Å². The molecule has 0 heterocycles. The van der Waals surface area contributed by atoms with E-state index in [9.17, 15) is 0 Å². The molecule has 0 radical (unpaired) electrons. The first-order chi connectivity index (χ1) is 8.83. The zero-order chi connectivity index (χ0) is 12.8. The van der Waals surface area contributed by atoms with Crippen molar-refractivity contribution in [2.75, 3.05) is 10.7 Å². The van der Waals surface area contributed by atoms with E-state index in [4.69, 9.17) is 0 Å². The summed E-state index contributed by atoms with van der Waals surface area (Å²) in [5.41, 5.74) is 2.88. The van der Waals surface area contributed by atoms with Crippen LogP contribution in [-0.2, 0) is 12.8 Å². The second-order valence-electron chi connectivity index (χ2n) is 4.60. The average molecular weight is 370 g/mol. The third-order valence-electron chi connectivity index (χ3n) is 3.17. The lowest BCUT2D eigenvalue weighted by Gasteiger charge is -2.05. The predicted octanol–water partition coefficient (Wildman–Crippen LogP) is 5.49. The van der Waals surface area contributed by atoms with E-state index in [0.717, 1.165) is 23.5 Å². The Morgan fingerprint density at radius 2 is 1.11 bits per heavy atom. The van der Waals surface area contributed by atoms with Gasteiger partial charge in [0.05, 0.1) is 0 Å². The number of benzene rings is 2. The predicted molar refractivity (Wildman–Crippen MR) is 88.2 cm³/mol. The van der Waals surface area contributed by atoms with Crippen LogP contribution in [0.4, 0.5) is 0 Å². The first-order valence-electron chi connectivity index (χ1n) is 6.47. The summed E-state index contributed by atoms with van der Waals surface area (Å²) in [5.74, 6) is 0. The summed E-state index contributed by atoms with van der Waals surface area (Å²) in [4.78, 5) is 0. The molecule has 0 unspecified atom stereocenters. The van der Waals surface area contributed by atoms with Crippen LogP contribution in [0.3, 0.4) is 0 Å². The van der Waals surface area contributed by atoms with Gasteiger partial charge in [0.25, 0.3) is 0 Å². The Kier molecular flexibility index (Phi) is 5.71. The number of fused-ring (bicyclic) bond motifs is 1.